The summed E-state index contributed by atoms with van der Waals surface area (Å²) < 4.78 is 0. The second-order valence-corrected chi connectivity index (χ2v) is 4.97. The van der Waals surface area contributed by atoms with Gasteiger partial charge in [0, 0.05) is 38.6 Å². The quantitative estimate of drug-likeness (QED) is 0.758. The lowest BCUT2D eigenvalue weighted by atomic mass is 10.2. The SMILES string of the molecule is CN1CCN(C(=O)CNCCc2ccncc2)CC1. The number of aromatic nitrogens is 1. The van der Waals surface area contributed by atoms with Crippen molar-refractivity contribution in [2.45, 2.75) is 6.42 Å². The molecule has 0 bridgehead atoms. The Kier molecular flexibility index (Phi) is 5.30. The van der Waals surface area contributed by atoms with Gasteiger partial charge in [-0.05, 0) is 37.7 Å². The largest absolute Gasteiger partial charge is 0.339 e. The number of nitrogens with zero attached hydrogens (tertiary/aromatic N) is 3. The molecule has 0 radical (unpaired) electrons. The van der Waals surface area contributed by atoms with E-state index in [1.165, 1.54) is 5.56 Å². The molecule has 0 aliphatic carbocycles. The van der Waals surface area contributed by atoms with E-state index < -0.39 is 0 Å². The summed E-state index contributed by atoms with van der Waals surface area (Å²) in [6.07, 6.45) is 4.52. The second-order valence-electron chi connectivity index (χ2n) is 4.97. The zero-order chi connectivity index (χ0) is 13.5. The average Bonchev–Trinajstić information content (AvgIpc) is 2.45. The third-order valence-corrected chi connectivity index (χ3v) is 3.47. The van der Waals surface area contributed by atoms with Gasteiger partial charge in [-0.2, -0.15) is 0 Å². The number of nitrogens with one attached hydrogen (secondary N) is 1. The molecule has 0 aromatic carbocycles. The molecular formula is C14H22N4O. The van der Waals surface area contributed by atoms with Crippen molar-refractivity contribution in [3.63, 3.8) is 0 Å². The fourth-order valence-electron chi connectivity index (χ4n) is 2.15. The summed E-state index contributed by atoms with van der Waals surface area (Å²) in [5, 5.41) is 3.22. The Morgan fingerprint density at radius 3 is 2.63 bits per heavy atom. The predicted molar refractivity (Wildman–Crippen MR) is 74.9 cm³/mol. The van der Waals surface area contributed by atoms with Crippen molar-refractivity contribution in [3.05, 3.63) is 30.1 Å². The van der Waals surface area contributed by atoms with Crippen molar-refractivity contribution in [1.29, 1.82) is 0 Å². The second kappa shape index (κ2) is 7.21. The number of pyridine rings is 1. The lowest BCUT2D eigenvalue weighted by Gasteiger charge is -2.32. The van der Waals surface area contributed by atoms with E-state index in [0.29, 0.717) is 6.54 Å². The molecule has 5 heteroatoms. The van der Waals surface area contributed by atoms with Crippen LogP contribution >= 0.6 is 0 Å². The number of likely N-dealkylation sites (N-methyl/N-ethyl adjacent to an activating group) is 1. The van der Waals surface area contributed by atoms with Crippen molar-refractivity contribution < 1.29 is 4.79 Å². The Morgan fingerprint density at radius 2 is 1.95 bits per heavy atom. The van der Waals surface area contributed by atoms with Crippen molar-refractivity contribution in [3.8, 4) is 0 Å². The fraction of sp³-hybridized carbons (Fsp3) is 0.571. The third-order valence-electron chi connectivity index (χ3n) is 3.47. The van der Waals surface area contributed by atoms with E-state index in [0.717, 1.165) is 39.1 Å². The number of piperazine rings is 1. The van der Waals surface area contributed by atoms with E-state index in [1.54, 1.807) is 12.4 Å². The van der Waals surface area contributed by atoms with Gasteiger partial charge in [-0.3, -0.25) is 9.78 Å². The molecule has 1 aliphatic rings. The topological polar surface area (TPSA) is 48.5 Å². The minimum absolute atomic E-state index is 0.211. The minimum atomic E-state index is 0.211. The Bertz CT molecular complexity index is 388. The van der Waals surface area contributed by atoms with E-state index in [2.05, 4.69) is 22.2 Å². The maximum atomic E-state index is 12.0. The highest BCUT2D eigenvalue weighted by Gasteiger charge is 2.18. The smallest absolute Gasteiger partial charge is 0.236 e. The van der Waals surface area contributed by atoms with Crippen LogP contribution in [0.1, 0.15) is 5.56 Å². The number of hydrogen-bond acceptors (Lipinski definition) is 4. The molecule has 1 aromatic heterocycles. The molecule has 1 amide bonds. The molecule has 104 valence electrons. The molecular weight excluding hydrogens is 240 g/mol. The molecule has 0 atom stereocenters. The standard InChI is InChI=1S/C14H22N4O/c1-17-8-10-18(11-9-17)14(19)12-16-7-4-13-2-5-15-6-3-13/h2-3,5-6,16H,4,7-12H2,1H3. The van der Waals surface area contributed by atoms with Gasteiger partial charge in [-0.15, -0.1) is 0 Å². The highest BCUT2D eigenvalue weighted by Crippen LogP contribution is 1.99. The van der Waals surface area contributed by atoms with Gasteiger partial charge in [-0.1, -0.05) is 0 Å². The van der Waals surface area contributed by atoms with Crippen molar-refractivity contribution >= 4 is 5.91 Å². The van der Waals surface area contributed by atoms with Crippen LogP contribution in [0.4, 0.5) is 0 Å². The van der Waals surface area contributed by atoms with Gasteiger partial charge in [0.1, 0.15) is 0 Å². The zero-order valence-electron chi connectivity index (χ0n) is 11.5. The van der Waals surface area contributed by atoms with E-state index in [1.807, 2.05) is 17.0 Å². The van der Waals surface area contributed by atoms with Crippen LogP contribution in [0.2, 0.25) is 0 Å². The summed E-state index contributed by atoms with van der Waals surface area (Å²) in [6.45, 7) is 4.91. The molecule has 0 spiro atoms. The molecule has 1 saturated heterocycles. The van der Waals surface area contributed by atoms with Crippen LogP contribution in [0.5, 0.6) is 0 Å². The zero-order valence-corrected chi connectivity index (χ0v) is 11.5. The van der Waals surface area contributed by atoms with Gasteiger partial charge in [0.05, 0.1) is 6.54 Å². The van der Waals surface area contributed by atoms with Gasteiger partial charge in [-0.25, -0.2) is 0 Å². The first-order valence-corrected chi connectivity index (χ1v) is 6.81. The molecule has 0 unspecified atom stereocenters. The van der Waals surface area contributed by atoms with Crippen molar-refractivity contribution in [2.75, 3.05) is 46.3 Å². The van der Waals surface area contributed by atoms with Crippen molar-refractivity contribution in [1.82, 2.24) is 20.1 Å². The van der Waals surface area contributed by atoms with Gasteiger partial charge in [0.25, 0.3) is 0 Å². The molecule has 1 aliphatic heterocycles. The Morgan fingerprint density at radius 1 is 1.26 bits per heavy atom. The van der Waals surface area contributed by atoms with Crippen LogP contribution in [0, 0.1) is 0 Å². The normalized spacial score (nSPS) is 16.6. The van der Waals surface area contributed by atoms with Gasteiger partial charge < -0.3 is 15.1 Å². The lowest BCUT2D eigenvalue weighted by Crippen LogP contribution is -2.49. The Hall–Kier alpha value is -1.46. The van der Waals surface area contributed by atoms with E-state index >= 15 is 0 Å². The highest BCUT2D eigenvalue weighted by atomic mass is 16.2. The number of carbonyl (C=O) groups excluding carboxylic acids is 1. The first kappa shape index (κ1) is 14.0. The molecule has 0 saturated carbocycles. The van der Waals surface area contributed by atoms with E-state index in [4.69, 9.17) is 0 Å². The number of carbonyl (C=O) groups is 1. The summed E-state index contributed by atoms with van der Waals surface area (Å²) >= 11 is 0. The predicted octanol–water partition coefficient (Wildman–Crippen LogP) is -0.0123. The summed E-state index contributed by atoms with van der Waals surface area (Å²) in [7, 11) is 2.09. The molecule has 19 heavy (non-hydrogen) atoms. The first-order chi connectivity index (χ1) is 9.25. The summed E-state index contributed by atoms with van der Waals surface area (Å²) in [5.41, 5.74) is 1.24. The molecule has 1 N–H and O–H groups in total. The van der Waals surface area contributed by atoms with Gasteiger partial charge in [0.15, 0.2) is 0 Å². The maximum absolute atomic E-state index is 12.0. The number of hydrogen-bond donors (Lipinski definition) is 1. The Labute approximate surface area is 114 Å². The van der Waals surface area contributed by atoms with Crippen LogP contribution < -0.4 is 5.32 Å². The summed E-state index contributed by atoms with van der Waals surface area (Å²) in [6, 6.07) is 4.01. The molecule has 1 fully saturated rings. The van der Waals surface area contributed by atoms with Gasteiger partial charge in [0.2, 0.25) is 5.91 Å². The molecule has 1 aromatic rings. The third kappa shape index (κ3) is 4.61. The number of rotatable bonds is 5. The first-order valence-electron chi connectivity index (χ1n) is 6.81. The maximum Gasteiger partial charge on any atom is 0.236 e. The van der Waals surface area contributed by atoms with Crippen LogP contribution in [0.25, 0.3) is 0 Å². The van der Waals surface area contributed by atoms with Crippen LogP contribution in [0.3, 0.4) is 0 Å². The van der Waals surface area contributed by atoms with Crippen LogP contribution in [0.15, 0.2) is 24.5 Å². The van der Waals surface area contributed by atoms with Crippen molar-refractivity contribution in [2.24, 2.45) is 0 Å². The summed E-state index contributed by atoms with van der Waals surface area (Å²) in [4.78, 5) is 20.1. The number of amides is 1. The van der Waals surface area contributed by atoms with Gasteiger partial charge >= 0.3 is 0 Å². The fourth-order valence-corrected chi connectivity index (χ4v) is 2.15. The van der Waals surface area contributed by atoms with Crippen LogP contribution in [-0.2, 0) is 11.2 Å². The molecule has 5 nitrogen and oxygen atoms in total. The average molecular weight is 262 g/mol. The molecule has 2 heterocycles. The van der Waals surface area contributed by atoms with E-state index in [9.17, 15) is 4.79 Å². The Balaban J connectivity index is 1.61. The monoisotopic (exact) mass is 262 g/mol. The lowest BCUT2D eigenvalue weighted by molar-refractivity contribution is -0.131. The summed E-state index contributed by atoms with van der Waals surface area (Å²) in [5.74, 6) is 0.211. The molecule has 2 rings (SSSR count). The van der Waals surface area contributed by atoms with Crippen LogP contribution in [-0.4, -0.2) is 67.0 Å². The van der Waals surface area contributed by atoms with E-state index in [-0.39, 0.29) is 5.91 Å². The minimum Gasteiger partial charge on any atom is -0.339 e. The highest BCUT2D eigenvalue weighted by molar-refractivity contribution is 5.78.